The van der Waals surface area contributed by atoms with E-state index < -0.39 is 0 Å². The average Bonchev–Trinajstić information content (AvgIpc) is 2.32. The molecule has 1 aromatic carbocycles. The SMILES string of the molecule is Cl.N[C@@H]1CCc2cc(I)ccc21. The maximum atomic E-state index is 5.89. The summed E-state index contributed by atoms with van der Waals surface area (Å²) in [5.41, 5.74) is 8.69. The zero-order valence-electron chi connectivity index (χ0n) is 6.59. The Labute approximate surface area is 92.3 Å². The van der Waals surface area contributed by atoms with Gasteiger partial charge < -0.3 is 5.73 Å². The van der Waals surface area contributed by atoms with Crippen LogP contribution in [0.1, 0.15) is 23.6 Å². The Hall–Kier alpha value is 0.200. The van der Waals surface area contributed by atoms with Crippen molar-refractivity contribution in [2.75, 3.05) is 0 Å². The molecule has 2 rings (SSSR count). The highest BCUT2D eigenvalue weighted by molar-refractivity contribution is 14.1. The highest BCUT2D eigenvalue weighted by Gasteiger charge is 2.17. The van der Waals surface area contributed by atoms with Gasteiger partial charge in [-0.1, -0.05) is 6.07 Å². The zero-order valence-corrected chi connectivity index (χ0v) is 9.56. The summed E-state index contributed by atoms with van der Waals surface area (Å²) in [4.78, 5) is 0. The van der Waals surface area contributed by atoms with Gasteiger partial charge in [-0.15, -0.1) is 12.4 Å². The molecule has 0 spiro atoms. The molecule has 0 unspecified atom stereocenters. The summed E-state index contributed by atoms with van der Waals surface area (Å²) < 4.78 is 1.32. The minimum atomic E-state index is 0. The Morgan fingerprint density at radius 2 is 2.17 bits per heavy atom. The first-order chi connectivity index (χ1) is 5.27. The van der Waals surface area contributed by atoms with Crippen molar-refractivity contribution < 1.29 is 0 Å². The monoisotopic (exact) mass is 295 g/mol. The van der Waals surface area contributed by atoms with Crippen molar-refractivity contribution >= 4 is 35.0 Å². The Morgan fingerprint density at radius 1 is 1.42 bits per heavy atom. The quantitative estimate of drug-likeness (QED) is 0.732. The lowest BCUT2D eigenvalue weighted by Crippen LogP contribution is -2.04. The molecule has 1 atom stereocenters. The highest BCUT2D eigenvalue weighted by atomic mass is 127. The van der Waals surface area contributed by atoms with E-state index in [4.69, 9.17) is 5.73 Å². The Morgan fingerprint density at radius 3 is 2.92 bits per heavy atom. The van der Waals surface area contributed by atoms with Crippen LogP contribution in [-0.4, -0.2) is 0 Å². The zero-order chi connectivity index (χ0) is 7.84. The lowest BCUT2D eigenvalue weighted by Gasteiger charge is -2.03. The molecule has 1 aromatic rings. The Balaban J connectivity index is 0.000000720. The summed E-state index contributed by atoms with van der Waals surface area (Å²) >= 11 is 2.34. The van der Waals surface area contributed by atoms with Crippen LogP contribution in [0.4, 0.5) is 0 Å². The normalized spacial score (nSPS) is 20.0. The van der Waals surface area contributed by atoms with Crippen molar-refractivity contribution in [3.63, 3.8) is 0 Å². The first kappa shape index (κ1) is 10.3. The van der Waals surface area contributed by atoms with Gasteiger partial charge in [0.05, 0.1) is 0 Å². The fourth-order valence-electron chi connectivity index (χ4n) is 1.62. The summed E-state index contributed by atoms with van der Waals surface area (Å²) in [5.74, 6) is 0. The second-order valence-electron chi connectivity index (χ2n) is 2.99. The molecule has 1 aliphatic carbocycles. The van der Waals surface area contributed by atoms with Crippen molar-refractivity contribution in [3.8, 4) is 0 Å². The smallest absolute Gasteiger partial charge is 0.0300 e. The van der Waals surface area contributed by atoms with Gasteiger partial charge >= 0.3 is 0 Å². The van der Waals surface area contributed by atoms with Gasteiger partial charge in [0.2, 0.25) is 0 Å². The molecule has 0 aliphatic heterocycles. The number of fused-ring (bicyclic) bond motifs is 1. The molecule has 66 valence electrons. The van der Waals surface area contributed by atoms with Crippen LogP contribution in [0.25, 0.3) is 0 Å². The molecule has 2 N–H and O–H groups in total. The molecule has 0 fully saturated rings. The minimum Gasteiger partial charge on any atom is -0.324 e. The van der Waals surface area contributed by atoms with Gasteiger partial charge in [-0.2, -0.15) is 0 Å². The van der Waals surface area contributed by atoms with E-state index in [1.807, 2.05) is 0 Å². The van der Waals surface area contributed by atoms with Gasteiger partial charge in [0, 0.05) is 9.61 Å². The topological polar surface area (TPSA) is 26.0 Å². The van der Waals surface area contributed by atoms with Crippen LogP contribution >= 0.6 is 35.0 Å². The predicted octanol–water partition coefficient (Wildman–Crippen LogP) is 2.66. The van der Waals surface area contributed by atoms with E-state index in [2.05, 4.69) is 40.8 Å². The lowest BCUT2D eigenvalue weighted by atomic mass is 10.1. The van der Waals surface area contributed by atoms with E-state index in [-0.39, 0.29) is 12.4 Å². The van der Waals surface area contributed by atoms with Gasteiger partial charge in [-0.05, 0) is 58.7 Å². The summed E-state index contributed by atoms with van der Waals surface area (Å²) in [5, 5.41) is 0. The van der Waals surface area contributed by atoms with E-state index in [9.17, 15) is 0 Å². The van der Waals surface area contributed by atoms with Crippen LogP contribution < -0.4 is 5.73 Å². The average molecular weight is 296 g/mol. The summed E-state index contributed by atoms with van der Waals surface area (Å²) in [6, 6.07) is 6.82. The maximum Gasteiger partial charge on any atom is 0.0300 e. The maximum absolute atomic E-state index is 5.89. The third kappa shape index (κ3) is 1.75. The number of nitrogens with two attached hydrogens (primary N) is 1. The number of aryl methyl sites for hydroxylation is 1. The molecular formula is C9H11ClIN. The molecule has 1 nitrogen and oxygen atoms in total. The van der Waals surface area contributed by atoms with Crippen LogP contribution in [0.2, 0.25) is 0 Å². The van der Waals surface area contributed by atoms with Crippen molar-refractivity contribution in [1.29, 1.82) is 0 Å². The predicted molar refractivity (Wildman–Crippen MR) is 61.7 cm³/mol. The third-order valence-corrected chi connectivity index (χ3v) is 2.90. The molecule has 0 radical (unpaired) electrons. The second-order valence-corrected chi connectivity index (χ2v) is 4.23. The molecule has 3 heteroatoms. The highest BCUT2D eigenvalue weighted by Crippen LogP contribution is 2.29. The summed E-state index contributed by atoms with van der Waals surface area (Å²) in [7, 11) is 0. The van der Waals surface area contributed by atoms with Crippen molar-refractivity contribution in [3.05, 3.63) is 32.9 Å². The standard InChI is InChI=1S/C9H10IN.ClH/c10-7-2-3-8-6(5-7)1-4-9(8)11;/h2-3,5,9H,1,4,11H2;1H/t9-;/m1./s1. The molecule has 0 heterocycles. The Kier molecular flexibility index (Phi) is 3.37. The molecule has 0 amide bonds. The molecule has 12 heavy (non-hydrogen) atoms. The van der Waals surface area contributed by atoms with Crippen LogP contribution in [0.3, 0.4) is 0 Å². The number of hydrogen-bond acceptors (Lipinski definition) is 1. The largest absolute Gasteiger partial charge is 0.324 e. The first-order valence-electron chi connectivity index (χ1n) is 3.81. The molecule has 0 saturated carbocycles. The summed E-state index contributed by atoms with van der Waals surface area (Å²) in [6.45, 7) is 0. The molecule has 1 aliphatic rings. The van der Waals surface area contributed by atoms with Crippen molar-refractivity contribution in [2.45, 2.75) is 18.9 Å². The minimum absolute atomic E-state index is 0. The Bertz CT molecular complexity index is 288. The fraction of sp³-hybridized carbons (Fsp3) is 0.333. The summed E-state index contributed by atoms with van der Waals surface area (Å²) in [6.07, 6.45) is 2.28. The number of rotatable bonds is 0. The van der Waals surface area contributed by atoms with E-state index in [0.29, 0.717) is 6.04 Å². The van der Waals surface area contributed by atoms with Gasteiger partial charge in [-0.25, -0.2) is 0 Å². The molecule has 0 saturated heterocycles. The van der Waals surface area contributed by atoms with E-state index in [0.717, 1.165) is 12.8 Å². The van der Waals surface area contributed by atoms with Crippen LogP contribution in [0, 0.1) is 3.57 Å². The molecule has 0 aromatic heterocycles. The number of benzene rings is 1. The van der Waals surface area contributed by atoms with Gasteiger partial charge in [0.15, 0.2) is 0 Å². The fourth-order valence-corrected chi connectivity index (χ4v) is 2.17. The third-order valence-electron chi connectivity index (χ3n) is 2.23. The van der Waals surface area contributed by atoms with Crippen LogP contribution in [0.15, 0.2) is 18.2 Å². The van der Waals surface area contributed by atoms with Gasteiger partial charge in [0.25, 0.3) is 0 Å². The van der Waals surface area contributed by atoms with Crippen molar-refractivity contribution in [1.82, 2.24) is 0 Å². The second kappa shape index (κ2) is 3.94. The van der Waals surface area contributed by atoms with E-state index >= 15 is 0 Å². The van der Waals surface area contributed by atoms with Crippen LogP contribution in [-0.2, 0) is 6.42 Å². The number of hydrogen-bond donors (Lipinski definition) is 1. The number of halogens is 2. The molecular weight excluding hydrogens is 284 g/mol. The van der Waals surface area contributed by atoms with E-state index in [1.165, 1.54) is 14.7 Å². The van der Waals surface area contributed by atoms with Gasteiger partial charge in [0.1, 0.15) is 0 Å². The van der Waals surface area contributed by atoms with Crippen molar-refractivity contribution in [2.24, 2.45) is 5.73 Å². The van der Waals surface area contributed by atoms with Gasteiger partial charge in [-0.3, -0.25) is 0 Å². The van der Waals surface area contributed by atoms with E-state index in [1.54, 1.807) is 0 Å². The molecule has 0 bridgehead atoms. The lowest BCUT2D eigenvalue weighted by molar-refractivity contribution is 0.713. The van der Waals surface area contributed by atoms with Crippen LogP contribution in [0.5, 0.6) is 0 Å². The first-order valence-corrected chi connectivity index (χ1v) is 4.89.